The van der Waals surface area contributed by atoms with Crippen LogP contribution in [0.5, 0.6) is 5.75 Å². The summed E-state index contributed by atoms with van der Waals surface area (Å²) in [4.78, 5) is 25.2. The molecule has 0 saturated carbocycles. The Morgan fingerprint density at radius 2 is 1.74 bits per heavy atom. The van der Waals surface area contributed by atoms with Crippen LogP contribution in [0.2, 0.25) is 0 Å². The van der Waals surface area contributed by atoms with Crippen molar-refractivity contribution in [1.82, 2.24) is 0 Å². The Morgan fingerprint density at radius 3 is 2.56 bits per heavy atom. The molecule has 0 aliphatic carbocycles. The first-order valence-electron chi connectivity index (χ1n) is 10.3. The third-order valence-corrected chi connectivity index (χ3v) is 6.95. The molecule has 0 radical (unpaired) electrons. The first-order valence-corrected chi connectivity index (χ1v) is 11.8. The van der Waals surface area contributed by atoms with E-state index in [0.717, 1.165) is 0 Å². The number of carbonyl (C=O) groups excluding carboxylic acids is 2. The third-order valence-electron chi connectivity index (χ3n) is 5.53. The second-order valence-electron chi connectivity index (χ2n) is 7.63. The Hall–Kier alpha value is -4.37. The fourth-order valence-electron chi connectivity index (χ4n) is 3.97. The molecule has 34 heavy (non-hydrogen) atoms. The second-order valence-corrected chi connectivity index (χ2v) is 9.28. The van der Waals surface area contributed by atoms with Crippen molar-refractivity contribution in [2.24, 2.45) is 0 Å². The zero-order valence-corrected chi connectivity index (χ0v) is 18.8. The van der Waals surface area contributed by atoms with Crippen LogP contribution in [-0.4, -0.2) is 27.3 Å². The van der Waals surface area contributed by atoms with Crippen molar-refractivity contribution in [3.63, 3.8) is 0 Å². The minimum atomic E-state index is -4.09. The van der Waals surface area contributed by atoms with Crippen molar-refractivity contribution in [2.45, 2.75) is 4.90 Å². The average molecular weight is 474 g/mol. The summed E-state index contributed by atoms with van der Waals surface area (Å²) in [7, 11) is -2.57. The van der Waals surface area contributed by atoms with Crippen LogP contribution in [0.1, 0.15) is 20.7 Å². The topological polar surface area (TPSA) is 114 Å². The Balaban J connectivity index is 1.50. The maximum absolute atomic E-state index is 13.4. The van der Waals surface area contributed by atoms with E-state index in [1.54, 1.807) is 60.7 Å². The Labute approximate surface area is 195 Å². The van der Waals surface area contributed by atoms with Crippen LogP contribution in [0.4, 0.5) is 17.1 Å². The molecular formula is C25H19N3O5S. The lowest BCUT2D eigenvalue weighted by Gasteiger charge is -2.14. The van der Waals surface area contributed by atoms with E-state index in [0.29, 0.717) is 33.5 Å². The molecule has 1 aliphatic rings. The molecule has 0 aromatic heterocycles. The van der Waals surface area contributed by atoms with Gasteiger partial charge in [-0.3, -0.25) is 14.3 Å². The van der Waals surface area contributed by atoms with Crippen LogP contribution < -0.4 is 20.1 Å². The van der Waals surface area contributed by atoms with Gasteiger partial charge in [-0.1, -0.05) is 30.3 Å². The quantitative estimate of drug-likeness (QED) is 0.382. The van der Waals surface area contributed by atoms with Crippen LogP contribution in [0.3, 0.4) is 0 Å². The van der Waals surface area contributed by atoms with Crippen LogP contribution in [-0.2, 0) is 10.0 Å². The van der Waals surface area contributed by atoms with Crippen molar-refractivity contribution in [3.8, 4) is 5.75 Å². The lowest BCUT2D eigenvalue weighted by atomic mass is 10.1. The summed E-state index contributed by atoms with van der Waals surface area (Å²) in [6.07, 6.45) is 0. The van der Waals surface area contributed by atoms with E-state index in [1.807, 2.05) is 0 Å². The van der Waals surface area contributed by atoms with E-state index < -0.39 is 15.9 Å². The molecular weight excluding hydrogens is 454 g/mol. The van der Waals surface area contributed by atoms with E-state index in [4.69, 9.17) is 4.74 Å². The maximum atomic E-state index is 13.4. The highest BCUT2D eigenvalue weighted by molar-refractivity contribution is 7.93. The van der Waals surface area contributed by atoms with Crippen molar-refractivity contribution in [2.75, 3.05) is 22.5 Å². The van der Waals surface area contributed by atoms with Gasteiger partial charge in [0.25, 0.3) is 21.8 Å². The van der Waals surface area contributed by atoms with Gasteiger partial charge in [-0.05, 0) is 42.5 Å². The third kappa shape index (κ3) is 3.71. The number of rotatable bonds is 6. The monoisotopic (exact) mass is 473 g/mol. The number of methoxy groups -OCH3 is 1. The molecule has 170 valence electrons. The predicted molar refractivity (Wildman–Crippen MR) is 130 cm³/mol. The highest BCUT2D eigenvalue weighted by Crippen LogP contribution is 2.37. The summed E-state index contributed by atoms with van der Waals surface area (Å²) < 4.78 is 34.5. The molecule has 0 fully saturated rings. The smallest absolute Gasteiger partial charge is 0.262 e. The Bertz CT molecular complexity index is 1580. The molecule has 0 spiro atoms. The van der Waals surface area contributed by atoms with Gasteiger partial charge >= 0.3 is 0 Å². The molecule has 8 nitrogen and oxygen atoms in total. The minimum Gasteiger partial charge on any atom is -0.497 e. The SMILES string of the molecule is COc1cccc(NC(=O)c2ccccc2NS(=O)(=O)c2ccc3c4c(cccc24)C(=O)N3)c1. The van der Waals surface area contributed by atoms with Crippen molar-refractivity contribution < 1.29 is 22.7 Å². The zero-order valence-electron chi connectivity index (χ0n) is 18.0. The van der Waals surface area contributed by atoms with Gasteiger partial charge in [0, 0.05) is 33.8 Å². The normalized spacial score (nSPS) is 12.3. The molecule has 0 saturated heterocycles. The number of para-hydroxylation sites is 1. The molecule has 2 amide bonds. The van der Waals surface area contributed by atoms with Crippen molar-refractivity contribution in [3.05, 3.63) is 90.0 Å². The number of benzene rings is 4. The standard InChI is InChI=1S/C25H19N3O5S/c1-33-16-7-4-6-15(14-16)26-24(29)17-8-2-3-11-20(17)28-34(31,32)22-13-12-21-23-18(22)9-5-10-19(23)25(30)27-21/h2-14,28H,1H3,(H,26,29)(H,27,30). The van der Waals surface area contributed by atoms with Gasteiger partial charge in [0.1, 0.15) is 5.75 Å². The number of anilines is 3. The molecule has 9 heteroatoms. The van der Waals surface area contributed by atoms with E-state index >= 15 is 0 Å². The highest BCUT2D eigenvalue weighted by atomic mass is 32.2. The lowest BCUT2D eigenvalue weighted by Crippen LogP contribution is -2.19. The van der Waals surface area contributed by atoms with E-state index in [1.165, 1.54) is 25.3 Å². The van der Waals surface area contributed by atoms with Gasteiger partial charge in [0.15, 0.2) is 0 Å². The van der Waals surface area contributed by atoms with Gasteiger partial charge in [0.05, 0.1) is 23.3 Å². The van der Waals surface area contributed by atoms with Crippen LogP contribution in [0.25, 0.3) is 10.8 Å². The molecule has 0 bridgehead atoms. The highest BCUT2D eigenvalue weighted by Gasteiger charge is 2.27. The average Bonchev–Trinajstić information content (AvgIpc) is 3.16. The summed E-state index contributed by atoms with van der Waals surface area (Å²) in [5.74, 6) is -0.184. The number of sulfonamides is 1. The number of amides is 2. The molecule has 1 heterocycles. The maximum Gasteiger partial charge on any atom is 0.262 e. The number of nitrogens with one attached hydrogen (secondary N) is 3. The molecule has 0 atom stereocenters. The molecule has 5 rings (SSSR count). The summed E-state index contributed by atoms with van der Waals surface area (Å²) >= 11 is 0. The molecule has 4 aromatic carbocycles. The lowest BCUT2D eigenvalue weighted by molar-refractivity contribution is 0.102. The number of carbonyl (C=O) groups is 2. The predicted octanol–water partition coefficient (Wildman–Crippen LogP) is 4.47. The Kier molecular flexibility index (Phi) is 5.18. The van der Waals surface area contributed by atoms with E-state index in [-0.39, 0.29) is 22.1 Å². The number of hydrogen-bond donors (Lipinski definition) is 3. The van der Waals surface area contributed by atoms with E-state index in [9.17, 15) is 18.0 Å². The molecule has 3 N–H and O–H groups in total. The van der Waals surface area contributed by atoms with Gasteiger partial charge in [-0.2, -0.15) is 0 Å². The van der Waals surface area contributed by atoms with Crippen molar-refractivity contribution in [1.29, 1.82) is 0 Å². The van der Waals surface area contributed by atoms with E-state index in [2.05, 4.69) is 15.4 Å². The van der Waals surface area contributed by atoms with Crippen LogP contribution >= 0.6 is 0 Å². The summed E-state index contributed by atoms with van der Waals surface area (Å²) in [5, 5.41) is 6.47. The van der Waals surface area contributed by atoms with Crippen LogP contribution in [0, 0.1) is 0 Å². The number of ether oxygens (including phenoxy) is 1. The van der Waals surface area contributed by atoms with Gasteiger partial charge in [-0.25, -0.2) is 8.42 Å². The Morgan fingerprint density at radius 1 is 0.941 bits per heavy atom. The van der Waals surface area contributed by atoms with Gasteiger partial charge in [0.2, 0.25) is 0 Å². The summed E-state index contributed by atoms with van der Waals surface area (Å²) in [6, 6.07) is 21.1. The van der Waals surface area contributed by atoms with Gasteiger partial charge in [-0.15, -0.1) is 0 Å². The first kappa shape index (κ1) is 21.5. The first-order chi connectivity index (χ1) is 16.4. The largest absolute Gasteiger partial charge is 0.497 e. The van der Waals surface area contributed by atoms with Crippen LogP contribution in [0.15, 0.2) is 83.8 Å². The van der Waals surface area contributed by atoms with Crippen molar-refractivity contribution >= 4 is 49.7 Å². The fraction of sp³-hybridized carbons (Fsp3) is 0.0400. The molecule has 1 aliphatic heterocycles. The fourth-order valence-corrected chi connectivity index (χ4v) is 5.25. The minimum absolute atomic E-state index is 0.00704. The number of hydrogen-bond acceptors (Lipinski definition) is 5. The molecule has 4 aromatic rings. The van der Waals surface area contributed by atoms with Gasteiger partial charge < -0.3 is 15.4 Å². The summed E-state index contributed by atoms with van der Waals surface area (Å²) in [5.41, 5.74) is 1.76. The second kappa shape index (κ2) is 8.20. The molecule has 0 unspecified atom stereocenters. The summed E-state index contributed by atoms with van der Waals surface area (Å²) in [6.45, 7) is 0. The zero-order chi connectivity index (χ0) is 23.9.